The van der Waals surface area contributed by atoms with Crippen molar-refractivity contribution in [1.82, 2.24) is 49.4 Å². The Bertz CT molecular complexity index is 5760. The molecule has 14 nitrogen and oxygen atoms in total. The van der Waals surface area contributed by atoms with Gasteiger partial charge in [-0.25, -0.2) is 17.6 Å². The van der Waals surface area contributed by atoms with Crippen LogP contribution in [0.4, 0.5) is 64.1 Å². The van der Waals surface area contributed by atoms with Crippen molar-refractivity contribution in [3.8, 4) is 91.1 Å². The SMILES string of the molecule is Cc1[c-]c(-c2nc(C)c(C)n2C)c(C)c(C)c1C.Cc1cccc(-c2[c-]cc(F)nc2F)n1.Fc1c[c-]c(-c2ccccn2)c(F)n1.N#Cc1c(F)c[c-]c(-c2ccccn2)c1F.N#Cc1c(F)c[c-]c(-c2ccccn2)c1F.[C-]#[N+]c1c(F)c[c-]c(-c2cccc(C)n2)c1F.[C-]#[N+]c1c(F)c[c-]c(-c2cccc(C)n2)c1F.[CH3-].[Ir].[Ir].[Ir].[Ir].[Y]. The van der Waals surface area contributed by atoms with Crippen LogP contribution in [0.1, 0.15) is 61.9 Å². The van der Waals surface area contributed by atoms with Crippen LogP contribution in [-0.2, 0) is 120 Å². The van der Waals surface area contributed by atoms with E-state index in [0.717, 1.165) is 59.2 Å². The predicted octanol–water partition coefficient (Wildman–Crippen LogP) is 21.7. The van der Waals surface area contributed by atoms with E-state index in [-0.39, 0.29) is 154 Å². The Hall–Kier alpha value is -10.7. The minimum atomic E-state index is -0.929. The smallest absolute Gasteiger partial charge is 0.176 e. The number of rotatable bonds is 7. The zero-order valence-electron chi connectivity index (χ0n) is 64.3. The number of benzene rings is 5. The first-order valence-corrected chi connectivity index (χ1v) is 33.2. The minimum absolute atomic E-state index is 0. The molecule has 0 spiro atoms. The summed E-state index contributed by atoms with van der Waals surface area (Å²) in [6.07, 6.45) is 4.49. The van der Waals surface area contributed by atoms with Crippen LogP contribution in [-0.4, -0.2) is 49.4 Å². The van der Waals surface area contributed by atoms with Gasteiger partial charge >= 0.3 is 0 Å². The van der Waals surface area contributed by atoms with Crippen molar-refractivity contribution in [3.63, 3.8) is 0 Å². The number of nitriles is 2. The van der Waals surface area contributed by atoms with Crippen LogP contribution in [0.2, 0.25) is 0 Å². The Morgan fingerprint density at radius 2 is 0.689 bits per heavy atom. The summed E-state index contributed by atoms with van der Waals surface area (Å²) in [7, 11) is 2.07. The van der Waals surface area contributed by atoms with Gasteiger partial charge in [0.05, 0.1) is 54.4 Å². The number of imidazole rings is 1. The average molecular weight is 2400 g/mol. The number of nitrogens with zero attached hydrogens (tertiary/aromatic N) is 14. The summed E-state index contributed by atoms with van der Waals surface area (Å²) in [5, 5.41) is 17.2. The summed E-state index contributed by atoms with van der Waals surface area (Å²) in [5.74, 6) is -9.89. The van der Waals surface area contributed by atoms with Gasteiger partial charge in [0.25, 0.3) is 0 Å². The first kappa shape index (κ1) is 104. The molecular formula is C88H60F12Ir4N14Y-8. The monoisotopic (exact) mass is 2400 g/mol. The van der Waals surface area contributed by atoms with Gasteiger partial charge < -0.3 is 41.9 Å². The molecule has 0 atom stereocenters. The van der Waals surface area contributed by atoms with Gasteiger partial charge in [-0.15, -0.1) is 106 Å². The summed E-state index contributed by atoms with van der Waals surface area (Å²) in [4.78, 5) is 40.5. The van der Waals surface area contributed by atoms with Crippen LogP contribution in [0, 0.1) is 218 Å². The van der Waals surface area contributed by atoms with Crippen molar-refractivity contribution in [2.75, 3.05) is 0 Å². The van der Waals surface area contributed by atoms with Gasteiger partial charge in [0.15, 0.2) is 11.4 Å². The van der Waals surface area contributed by atoms with E-state index in [1.165, 1.54) is 58.7 Å². The molecule has 0 fully saturated rings. The van der Waals surface area contributed by atoms with Gasteiger partial charge in [-0.1, -0.05) is 135 Å². The Balaban J connectivity index is 0.000000467. The topological polar surface area (TPSA) is 177 Å². The average Bonchev–Trinajstić information content (AvgIpc) is 1.66. The van der Waals surface area contributed by atoms with Crippen LogP contribution in [0.15, 0.2) is 164 Å². The van der Waals surface area contributed by atoms with Crippen molar-refractivity contribution in [2.24, 2.45) is 7.05 Å². The molecule has 5 aromatic carbocycles. The van der Waals surface area contributed by atoms with Crippen molar-refractivity contribution >= 4 is 11.4 Å². The molecular weight excluding hydrogens is 2340 g/mol. The first-order chi connectivity index (χ1) is 54.0. The molecule has 0 aliphatic carbocycles. The number of hydrogen-bond donors (Lipinski definition) is 0. The quantitative estimate of drug-likeness (QED) is 0.0842. The normalized spacial score (nSPS) is 9.66. The van der Waals surface area contributed by atoms with E-state index in [2.05, 4.69) is 150 Å². The summed E-state index contributed by atoms with van der Waals surface area (Å²) in [6, 6.07) is 57.1. The molecule has 0 bridgehead atoms. The molecule has 9 heterocycles. The molecule has 0 saturated carbocycles. The maximum atomic E-state index is 13.8. The summed E-state index contributed by atoms with van der Waals surface area (Å²) in [6.45, 7) is 31.6. The van der Waals surface area contributed by atoms with E-state index in [1.807, 2.05) is 0 Å². The van der Waals surface area contributed by atoms with Crippen molar-refractivity contribution in [2.45, 2.75) is 62.3 Å². The van der Waals surface area contributed by atoms with Crippen molar-refractivity contribution < 1.29 is 166 Å². The van der Waals surface area contributed by atoms with Gasteiger partial charge in [0.2, 0.25) is 0 Å². The van der Waals surface area contributed by atoms with E-state index >= 15 is 0 Å². The number of aromatic nitrogens is 10. The Morgan fingerprint density at radius 1 is 0.370 bits per heavy atom. The Morgan fingerprint density at radius 3 is 1.00 bits per heavy atom. The van der Waals surface area contributed by atoms with Crippen LogP contribution in [0.25, 0.3) is 88.6 Å². The van der Waals surface area contributed by atoms with Gasteiger partial charge in [-0.3, -0.25) is 59.8 Å². The molecule has 5 radical (unpaired) electrons. The number of halogens is 12. The fourth-order valence-corrected chi connectivity index (χ4v) is 10.1. The molecule has 0 N–H and O–H groups in total. The van der Waals surface area contributed by atoms with Crippen LogP contribution < -0.4 is 0 Å². The van der Waals surface area contributed by atoms with E-state index in [0.29, 0.717) is 45.6 Å². The molecule has 0 unspecified atom stereocenters. The van der Waals surface area contributed by atoms with E-state index in [1.54, 1.807) is 130 Å². The molecule has 14 aromatic rings. The van der Waals surface area contributed by atoms with E-state index in [9.17, 15) is 52.7 Å². The fraction of sp³-hybridized carbons (Fsp3) is 0.114. The summed E-state index contributed by atoms with van der Waals surface area (Å²) in [5.41, 5.74) is 10.6. The number of aryl methyl sites for hydroxylation is 5. The zero-order valence-corrected chi connectivity index (χ0v) is 76.7. The Kier molecular flexibility index (Phi) is 43.6. The fourth-order valence-electron chi connectivity index (χ4n) is 10.1. The second-order valence-electron chi connectivity index (χ2n) is 23.8. The van der Waals surface area contributed by atoms with Crippen LogP contribution in [0.5, 0.6) is 0 Å². The maximum Gasteiger partial charge on any atom is 0.176 e. The van der Waals surface area contributed by atoms with Crippen molar-refractivity contribution in [1.29, 1.82) is 10.5 Å². The predicted molar refractivity (Wildman–Crippen MR) is 405 cm³/mol. The van der Waals surface area contributed by atoms with Crippen LogP contribution >= 0.6 is 0 Å². The molecule has 9 aromatic heterocycles. The second kappa shape index (κ2) is 49.7. The maximum absolute atomic E-state index is 13.8. The third-order valence-electron chi connectivity index (χ3n) is 16.4. The largest absolute Gasteiger partial charge is 0.371 e. The molecule has 0 aliphatic rings. The molecule has 14 rings (SSSR count). The Labute approximate surface area is 759 Å². The molecule has 0 aliphatic heterocycles. The third-order valence-corrected chi connectivity index (χ3v) is 16.4. The van der Waals surface area contributed by atoms with Gasteiger partial charge in [-0.05, 0) is 105 Å². The molecule has 31 heteroatoms. The first-order valence-electron chi connectivity index (χ1n) is 33.2. The van der Waals surface area contributed by atoms with Gasteiger partial charge in [-0.2, -0.15) is 10.5 Å². The minimum Gasteiger partial charge on any atom is -0.371 e. The number of hydrogen-bond acceptors (Lipinski definition) is 11. The summed E-state index contributed by atoms with van der Waals surface area (Å²) < 4.78 is 161. The van der Waals surface area contributed by atoms with Crippen molar-refractivity contribution in [3.05, 3.63) is 369 Å². The molecule has 0 saturated heterocycles. The third kappa shape index (κ3) is 27.2. The molecule has 613 valence electrons. The zero-order chi connectivity index (χ0) is 82.3. The van der Waals surface area contributed by atoms with Gasteiger partial charge in [0.1, 0.15) is 23.8 Å². The second-order valence-corrected chi connectivity index (χ2v) is 23.8. The standard InChI is InChI=1S/C16H21N2.2C13H7F2N2.2C12H5F2N2.C11H7F2N2.C10H5F2N2.CH3.4Ir.Y/c1-9-8-15(12(4)11(3)10(9)2)16-17-13(5)14(6)18(16)7;2*1-8-4-3-5-11(17-8)9-6-7-10(14)13(16-2)12(9)15;2*13-10-5-4-8(12(14)9(10)7-15)11-3-1-2-6-16-11;1-7-3-2-4-9(14-7)8-5-6-10(12)15-11(8)13;11-9-5-4-7(10(12)14-9)8-3-1-2-6-13-8;;;;;;/h1-7H3;2*3-5,7H,1H3;2*1-3,5-6H;2-4,6H,1H3;1-3,5-6H;1H3;;;;;/q8*-1;;;;;. The van der Waals surface area contributed by atoms with E-state index in [4.69, 9.17) is 23.7 Å². The molecule has 0 amide bonds. The number of pyridine rings is 8. The summed E-state index contributed by atoms with van der Waals surface area (Å²) >= 11 is 0. The van der Waals surface area contributed by atoms with E-state index < -0.39 is 92.8 Å². The molecule has 119 heavy (non-hydrogen) atoms. The van der Waals surface area contributed by atoms with Gasteiger partial charge in [0, 0.05) is 202 Å². The van der Waals surface area contributed by atoms with Crippen LogP contribution in [0.3, 0.4) is 0 Å².